The van der Waals surface area contributed by atoms with E-state index in [9.17, 15) is 14.7 Å². The molecule has 0 spiro atoms. The van der Waals surface area contributed by atoms with Crippen molar-refractivity contribution in [1.29, 1.82) is 0 Å². The molecule has 0 amide bonds. The minimum absolute atomic E-state index is 0.163. The van der Waals surface area contributed by atoms with Crippen molar-refractivity contribution in [2.24, 2.45) is 11.3 Å². The van der Waals surface area contributed by atoms with Crippen LogP contribution in [0, 0.1) is 11.3 Å². The van der Waals surface area contributed by atoms with Gasteiger partial charge in [0.2, 0.25) is 0 Å². The van der Waals surface area contributed by atoms with Gasteiger partial charge in [0.15, 0.2) is 5.60 Å². The minimum Gasteiger partial charge on any atom is -0.466 e. The number of esters is 2. The quantitative estimate of drug-likeness (QED) is 0.364. The van der Waals surface area contributed by atoms with Crippen molar-refractivity contribution in [1.82, 2.24) is 0 Å². The molecule has 3 aliphatic rings. The molecule has 0 bridgehead atoms. The number of aliphatic hydroxyl groups excluding tert-OH is 1. The fraction of sp³-hybridized carbons (Fsp3) is 0.667. The van der Waals surface area contributed by atoms with Crippen molar-refractivity contribution in [3.63, 3.8) is 0 Å². The van der Waals surface area contributed by atoms with Gasteiger partial charge in [-0.15, -0.1) is 0 Å². The number of hydrogen-bond donors (Lipinski definition) is 1. The zero-order chi connectivity index (χ0) is 17.9. The van der Waals surface area contributed by atoms with E-state index in [1.165, 1.54) is 14.0 Å². The van der Waals surface area contributed by atoms with Crippen LogP contribution < -0.4 is 0 Å². The molecule has 1 N–H and O–H groups in total. The third kappa shape index (κ3) is 2.16. The summed E-state index contributed by atoms with van der Waals surface area (Å²) in [7, 11) is 1.28. The molecule has 3 rings (SSSR count). The lowest BCUT2D eigenvalue weighted by atomic mass is 9.55. The molecule has 6 heteroatoms. The number of hydrogen-bond acceptors (Lipinski definition) is 6. The number of carbonyl (C=O) groups excluding carboxylic acids is 2. The maximum atomic E-state index is 12.1. The number of epoxide rings is 1. The highest BCUT2D eigenvalue weighted by Crippen LogP contribution is 2.64. The second-order valence-electron chi connectivity index (χ2n) is 7.29. The molecule has 0 aromatic rings. The lowest BCUT2D eigenvalue weighted by molar-refractivity contribution is -0.162. The van der Waals surface area contributed by atoms with Gasteiger partial charge in [0, 0.05) is 18.3 Å². The average molecular weight is 336 g/mol. The van der Waals surface area contributed by atoms with E-state index in [1.807, 2.05) is 19.9 Å². The van der Waals surface area contributed by atoms with Crippen LogP contribution in [0.4, 0.5) is 0 Å². The molecule has 0 radical (unpaired) electrons. The standard InChI is InChI=1S/C18H24O6/c1-9-6-7-12(20)17(4)8-13-18(24-13,10(2)16(21)22-5)15(14(9)17)23-11(3)19/h6,12-15,20H,2,7-8H2,1,3-5H3/t12-,13+,14-,15-,17+,18+/m1/s1. The minimum atomic E-state index is -1.06. The van der Waals surface area contributed by atoms with Gasteiger partial charge < -0.3 is 19.3 Å². The Balaban J connectivity index is 2.08. The SMILES string of the molecule is C=C(C(=O)OC)[C@]12O[C@H]1C[C@@]1(C)[C@H](O)CC=C(C)[C@@H]1[C@H]2OC(C)=O. The van der Waals surface area contributed by atoms with Crippen molar-refractivity contribution in [2.45, 2.75) is 57.5 Å². The van der Waals surface area contributed by atoms with Gasteiger partial charge in [-0.1, -0.05) is 25.2 Å². The van der Waals surface area contributed by atoms with E-state index in [2.05, 4.69) is 6.58 Å². The van der Waals surface area contributed by atoms with Crippen LogP contribution >= 0.6 is 0 Å². The number of aliphatic hydroxyl groups is 1. The van der Waals surface area contributed by atoms with Gasteiger partial charge in [-0.05, 0) is 19.8 Å². The van der Waals surface area contributed by atoms with Gasteiger partial charge in [0.1, 0.15) is 6.10 Å². The summed E-state index contributed by atoms with van der Waals surface area (Å²) in [5.41, 5.74) is -0.356. The Labute approximate surface area is 141 Å². The van der Waals surface area contributed by atoms with E-state index in [0.717, 1.165) is 5.57 Å². The fourth-order valence-corrected chi connectivity index (χ4v) is 4.61. The molecular formula is C18H24O6. The molecule has 0 unspecified atom stereocenters. The molecule has 0 aromatic carbocycles. The highest BCUT2D eigenvalue weighted by atomic mass is 16.7. The molecule has 0 aromatic heterocycles. The summed E-state index contributed by atoms with van der Waals surface area (Å²) in [6.45, 7) is 9.13. The summed E-state index contributed by atoms with van der Waals surface area (Å²) in [5.74, 6) is -1.27. The van der Waals surface area contributed by atoms with Crippen LogP contribution in [-0.2, 0) is 23.8 Å². The summed E-state index contributed by atoms with van der Waals surface area (Å²) in [6, 6.07) is 0. The Morgan fingerprint density at radius 3 is 2.71 bits per heavy atom. The number of methoxy groups -OCH3 is 1. The summed E-state index contributed by atoms with van der Waals surface area (Å²) in [5, 5.41) is 10.6. The summed E-state index contributed by atoms with van der Waals surface area (Å²) < 4.78 is 16.3. The van der Waals surface area contributed by atoms with Gasteiger partial charge >= 0.3 is 11.9 Å². The van der Waals surface area contributed by atoms with Crippen molar-refractivity contribution < 1.29 is 28.9 Å². The maximum Gasteiger partial charge on any atom is 0.336 e. The first-order valence-corrected chi connectivity index (χ1v) is 8.16. The Morgan fingerprint density at radius 1 is 1.46 bits per heavy atom. The number of fused-ring (bicyclic) bond motifs is 2. The van der Waals surface area contributed by atoms with Crippen molar-refractivity contribution in [3.05, 3.63) is 23.8 Å². The zero-order valence-corrected chi connectivity index (χ0v) is 14.5. The smallest absolute Gasteiger partial charge is 0.336 e. The molecule has 6 atom stereocenters. The molecule has 6 nitrogen and oxygen atoms in total. The lowest BCUT2D eigenvalue weighted by Gasteiger charge is -2.51. The van der Waals surface area contributed by atoms with Crippen LogP contribution in [0.15, 0.2) is 23.8 Å². The first-order chi connectivity index (χ1) is 11.2. The number of ether oxygens (including phenoxy) is 3. The van der Waals surface area contributed by atoms with E-state index in [0.29, 0.717) is 12.8 Å². The Kier molecular flexibility index (Phi) is 3.88. The molecule has 1 aliphatic heterocycles. The van der Waals surface area contributed by atoms with Crippen LogP contribution in [-0.4, -0.2) is 48.1 Å². The zero-order valence-electron chi connectivity index (χ0n) is 14.5. The second-order valence-corrected chi connectivity index (χ2v) is 7.29. The lowest BCUT2D eigenvalue weighted by Crippen LogP contribution is -2.59. The van der Waals surface area contributed by atoms with Crippen LogP contribution in [0.25, 0.3) is 0 Å². The first kappa shape index (κ1) is 17.2. The van der Waals surface area contributed by atoms with Gasteiger partial charge in [0.25, 0.3) is 0 Å². The normalized spacial score (nSPS) is 43.0. The number of carbonyl (C=O) groups is 2. The Hall–Kier alpha value is -1.66. The van der Waals surface area contributed by atoms with Gasteiger partial charge in [-0.2, -0.15) is 0 Å². The molecule has 2 fully saturated rings. The number of rotatable bonds is 3. The van der Waals surface area contributed by atoms with Crippen LogP contribution in [0.2, 0.25) is 0 Å². The molecule has 1 heterocycles. The van der Waals surface area contributed by atoms with Crippen LogP contribution in [0.3, 0.4) is 0 Å². The van der Waals surface area contributed by atoms with E-state index >= 15 is 0 Å². The topological polar surface area (TPSA) is 85.4 Å². The summed E-state index contributed by atoms with van der Waals surface area (Å²) in [6.07, 6.45) is 1.50. The van der Waals surface area contributed by atoms with E-state index < -0.39 is 35.2 Å². The van der Waals surface area contributed by atoms with Gasteiger partial charge in [-0.3, -0.25) is 4.79 Å². The molecule has 24 heavy (non-hydrogen) atoms. The van der Waals surface area contributed by atoms with Gasteiger partial charge in [0.05, 0.1) is 24.9 Å². The summed E-state index contributed by atoms with van der Waals surface area (Å²) in [4.78, 5) is 23.8. The van der Waals surface area contributed by atoms with Crippen LogP contribution in [0.1, 0.15) is 33.6 Å². The van der Waals surface area contributed by atoms with E-state index in [-0.39, 0.29) is 17.6 Å². The highest BCUT2D eigenvalue weighted by Gasteiger charge is 2.75. The van der Waals surface area contributed by atoms with E-state index in [4.69, 9.17) is 14.2 Å². The Morgan fingerprint density at radius 2 is 2.12 bits per heavy atom. The summed E-state index contributed by atoms with van der Waals surface area (Å²) >= 11 is 0. The Bertz CT molecular complexity index is 637. The predicted octanol–water partition coefficient (Wildman–Crippen LogP) is 1.52. The van der Waals surface area contributed by atoms with E-state index in [1.54, 1.807) is 0 Å². The van der Waals surface area contributed by atoms with Crippen LogP contribution in [0.5, 0.6) is 0 Å². The molecule has 1 saturated carbocycles. The average Bonchev–Trinajstić information content (AvgIpc) is 3.24. The molecule has 1 saturated heterocycles. The van der Waals surface area contributed by atoms with Gasteiger partial charge in [-0.25, -0.2) is 4.79 Å². The third-order valence-electron chi connectivity index (χ3n) is 5.93. The maximum absolute atomic E-state index is 12.1. The monoisotopic (exact) mass is 336 g/mol. The molecule has 2 aliphatic carbocycles. The van der Waals surface area contributed by atoms with Crippen molar-refractivity contribution in [3.8, 4) is 0 Å². The fourth-order valence-electron chi connectivity index (χ4n) is 4.61. The third-order valence-corrected chi connectivity index (χ3v) is 5.93. The predicted molar refractivity (Wildman–Crippen MR) is 84.9 cm³/mol. The molecule has 132 valence electrons. The highest BCUT2D eigenvalue weighted by molar-refractivity contribution is 5.91. The first-order valence-electron chi connectivity index (χ1n) is 8.16. The largest absolute Gasteiger partial charge is 0.466 e. The second kappa shape index (κ2) is 5.43. The molecular weight excluding hydrogens is 312 g/mol. The van der Waals surface area contributed by atoms with Crippen molar-refractivity contribution >= 4 is 11.9 Å². The van der Waals surface area contributed by atoms with Crippen molar-refractivity contribution in [2.75, 3.05) is 7.11 Å².